The zero-order valence-electron chi connectivity index (χ0n) is 21.3. The van der Waals surface area contributed by atoms with Crippen LogP contribution in [0.2, 0.25) is 5.02 Å². The number of Topliss-reactive ketones (excluding diaryl/α,β-unsaturated/α-hetero) is 1. The number of rotatable bonds is 9. The van der Waals surface area contributed by atoms with E-state index in [4.69, 9.17) is 16.1 Å². The van der Waals surface area contributed by atoms with Gasteiger partial charge >= 0.3 is 0 Å². The zero-order valence-corrected chi connectivity index (χ0v) is 22.8. The summed E-state index contributed by atoms with van der Waals surface area (Å²) < 4.78 is 25.8. The van der Waals surface area contributed by atoms with E-state index in [9.17, 15) is 18.8 Å². The van der Waals surface area contributed by atoms with Crippen LogP contribution in [0.1, 0.15) is 57.9 Å². The molecule has 2 amide bonds. The lowest BCUT2D eigenvalue weighted by Crippen LogP contribution is -2.28. The molecule has 40 heavy (non-hydrogen) atoms. The number of nitrogens with one attached hydrogen (secondary N) is 2. The Hall–Kier alpha value is -4.42. The minimum atomic E-state index is -0.687. The normalized spacial score (nSPS) is 11.9. The Morgan fingerprint density at radius 3 is 2.70 bits per heavy atom. The maximum Gasteiger partial charge on any atom is 0.287 e. The van der Waals surface area contributed by atoms with Crippen molar-refractivity contribution >= 4 is 56.6 Å². The number of hydrogen-bond acceptors (Lipinski definition) is 8. The number of aromatic nitrogens is 4. The van der Waals surface area contributed by atoms with Crippen molar-refractivity contribution in [2.75, 3.05) is 5.32 Å². The minimum Gasteiger partial charge on any atom is -0.360 e. The largest absolute Gasteiger partial charge is 0.360 e. The Labute approximate surface area is 236 Å². The summed E-state index contributed by atoms with van der Waals surface area (Å²) in [4.78, 5) is 43.5. The van der Waals surface area contributed by atoms with Crippen LogP contribution < -0.4 is 10.6 Å². The molecule has 5 aromatic rings. The molecule has 0 saturated carbocycles. The molecule has 3 aromatic heterocycles. The number of halogens is 2. The number of nitrogens with zero attached hydrogens (tertiary/aromatic N) is 4. The number of fused-ring (bicyclic) bond motifs is 1. The molecule has 5 rings (SSSR count). The zero-order chi connectivity index (χ0) is 28.4. The average Bonchev–Trinajstić information content (AvgIpc) is 3.67. The summed E-state index contributed by atoms with van der Waals surface area (Å²) in [6.45, 7) is 2.86. The van der Waals surface area contributed by atoms with E-state index in [0.717, 1.165) is 4.70 Å². The van der Waals surface area contributed by atoms with Crippen molar-refractivity contribution in [2.45, 2.75) is 32.9 Å². The molecular weight excluding hydrogens is 559 g/mol. The second kappa shape index (κ2) is 11.4. The highest BCUT2D eigenvalue weighted by Crippen LogP contribution is 2.36. The van der Waals surface area contributed by atoms with Crippen LogP contribution in [-0.4, -0.2) is 36.7 Å². The molecule has 0 aliphatic carbocycles. The fraction of sp³-hybridized carbons (Fsp3) is 0.185. The van der Waals surface area contributed by atoms with Crippen LogP contribution in [0.4, 0.5) is 10.2 Å². The third kappa shape index (κ3) is 5.49. The Kier molecular flexibility index (Phi) is 7.71. The summed E-state index contributed by atoms with van der Waals surface area (Å²) in [5.74, 6) is -2.38. The number of carbonyl (C=O) groups is 3. The first kappa shape index (κ1) is 27.2. The van der Waals surface area contributed by atoms with Crippen molar-refractivity contribution in [1.82, 2.24) is 24.4 Å². The highest BCUT2D eigenvalue weighted by atomic mass is 35.5. The van der Waals surface area contributed by atoms with Crippen LogP contribution in [0.5, 0.6) is 0 Å². The van der Waals surface area contributed by atoms with Crippen LogP contribution in [0.15, 0.2) is 59.3 Å². The van der Waals surface area contributed by atoms with Gasteiger partial charge in [0.25, 0.3) is 11.8 Å². The quantitative estimate of drug-likeness (QED) is 0.245. The first-order valence-corrected chi connectivity index (χ1v) is 13.3. The van der Waals surface area contributed by atoms with Crippen LogP contribution in [-0.2, 0) is 17.9 Å². The smallest absolute Gasteiger partial charge is 0.287 e. The van der Waals surface area contributed by atoms with Crippen LogP contribution in [0.25, 0.3) is 10.1 Å². The Morgan fingerprint density at radius 2 is 1.95 bits per heavy atom. The van der Waals surface area contributed by atoms with Crippen molar-refractivity contribution in [2.24, 2.45) is 0 Å². The highest BCUT2D eigenvalue weighted by molar-refractivity contribution is 7.13. The summed E-state index contributed by atoms with van der Waals surface area (Å²) in [6.07, 6.45) is 1.44. The molecule has 2 N–H and O–H groups in total. The fourth-order valence-electron chi connectivity index (χ4n) is 4.34. The van der Waals surface area contributed by atoms with E-state index >= 15 is 0 Å². The van der Waals surface area contributed by atoms with Gasteiger partial charge in [-0.15, -0.1) is 0 Å². The molecule has 1 atom stereocenters. The van der Waals surface area contributed by atoms with Gasteiger partial charge in [-0.05, 0) is 48.3 Å². The standard InChI is InChI=1S/C27H22ClFN6O4S/c1-14(36)13-35-23(15(2)19-11-16(29)7-8-20(19)28)24(32-25(35)27(38)30-12-17-9-10-31-39-17)33-26(37)22-18-5-3-4-6-21(18)40-34-22/h3-11,15H,12-13H2,1-2H3,(H,30,38)(H,33,37)/t15-/m1/s1. The molecule has 0 aliphatic rings. The van der Waals surface area contributed by atoms with Gasteiger partial charge in [0.05, 0.1) is 29.7 Å². The molecule has 0 fully saturated rings. The van der Waals surface area contributed by atoms with Gasteiger partial charge in [-0.3, -0.25) is 14.4 Å². The molecule has 0 radical (unpaired) electrons. The van der Waals surface area contributed by atoms with Crippen LogP contribution in [0.3, 0.4) is 0 Å². The first-order valence-electron chi connectivity index (χ1n) is 12.1. The van der Waals surface area contributed by atoms with Crippen molar-refractivity contribution in [3.8, 4) is 0 Å². The van der Waals surface area contributed by atoms with Gasteiger partial charge in [0.15, 0.2) is 11.6 Å². The van der Waals surface area contributed by atoms with E-state index in [1.807, 2.05) is 12.1 Å². The lowest BCUT2D eigenvalue weighted by atomic mass is 9.96. The van der Waals surface area contributed by atoms with Gasteiger partial charge in [-0.1, -0.05) is 41.9 Å². The van der Waals surface area contributed by atoms with E-state index in [0.29, 0.717) is 22.4 Å². The number of anilines is 1. The SMILES string of the molecule is CC(=O)Cn1c(C(=O)NCc2ccno2)nc(NC(=O)c2nsc3ccccc23)c1[C@H](C)c1cc(F)ccc1Cl. The van der Waals surface area contributed by atoms with Gasteiger partial charge in [-0.2, -0.15) is 4.37 Å². The predicted octanol–water partition coefficient (Wildman–Crippen LogP) is 5.20. The predicted molar refractivity (Wildman–Crippen MR) is 147 cm³/mol. The van der Waals surface area contributed by atoms with Gasteiger partial charge in [-0.25, -0.2) is 9.37 Å². The lowest BCUT2D eigenvalue weighted by Gasteiger charge is -2.19. The van der Waals surface area contributed by atoms with Gasteiger partial charge in [0.2, 0.25) is 5.82 Å². The second-order valence-electron chi connectivity index (χ2n) is 8.99. The van der Waals surface area contributed by atoms with Crippen molar-refractivity contribution in [3.63, 3.8) is 0 Å². The topological polar surface area (TPSA) is 132 Å². The van der Waals surface area contributed by atoms with E-state index in [2.05, 4.69) is 25.1 Å². The van der Waals surface area contributed by atoms with Crippen LogP contribution >= 0.6 is 23.1 Å². The van der Waals surface area contributed by atoms with Gasteiger partial charge in [0, 0.05) is 22.4 Å². The number of carbonyl (C=O) groups excluding carboxylic acids is 3. The lowest BCUT2D eigenvalue weighted by molar-refractivity contribution is -0.117. The third-order valence-corrected chi connectivity index (χ3v) is 7.34. The molecule has 0 saturated heterocycles. The maximum absolute atomic E-state index is 14.3. The first-order chi connectivity index (χ1) is 19.2. The monoisotopic (exact) mass is 580 g/mol. The van der Waals surface area contributed by atoms with Crippen molar-refractivity contribution in [1.29, 1.82) is 0 Å². The molecule has 13 heteroatoms. The number of imidazole rings is 1. The Balaban J connectivity index is 1.61. The Bertz CT molecular complexity index is 1730. The van der Waals surface area contributed by atoms with E-state index in [-0.39, 0.29) is 41.2 Å². The molecule has 3 heterocycles. The number of hydrogen-bond donors (Lipinski definition) is 2. The number of amides is 2. The van der Waals surface area contributed by atoms with Gasteiger partial charge < -0.3 is 19.7 Å². The van der Waals surface area contributed by atoms with Crippen molar-refractivity contribution < 1.29 is 23.3 Å². The summed E-state index contributed by atoms with van der Waals surface area (Å²) in [5.41, 5.74) is 0.857. The van der Waals surface area contributed by atoms with E-state index in [1.165, 1.54) is 47.4 Å². The summed E-state index contributed by atoms with van der Waals surface area (Å²) >= 11 is 7.60. The molecule has 2 aromatic carbocycles. The van der Waals surface area contributed by atoms with Crippen molar-refractivity contribution in [3.05, 3.63) is 94.1 Å². The molecule has 10 nitrogen and oxygen atoms in total. The molecule has 0 bridgehead atoms. The van der Waals surface area contributed by atoms with E-state index in [1.54, 1.807) is 25.1 Å². The molecular formula is C27H22ClFN6O4S. The molecule has 0 unspecified atom stereocenters. The summed E-state index contributed by atoms with van der Waals surface area (Å²) in [6, 6.07) is 12.8. The Morgan fingerprint density at radius 1 is 1.15 bits per heavy atom. The summed E-state index contributed by atoms with van der Waals surface area (Å²) in [5, 5.41) is 9.98. The molecule has 204 valence electrons. The average molecular weight is 581 g/mol. The summed E-state index contributed by atoms with van der Waals surface area (Å²) in [7, 11) is 0. The molecule has 0 spiro atoms. The fourth-order valence-corrected chi connectivity index (χ4v) is 5.40. The maximum atomic E-state index is 14.3. The minimum absolute atomic E-state index is 0.0128. The second-order valence-corrected chi connectivity index (χ2v) is 10.2. The number of benzene rings is 2. The van der Waals surface area contributed by atoms with Gasteiger partial charge in [0.1, 0.15) is 17.3 Å². The highest BCUT2D eigenvalue weighted by Gasteiger charge is 2.30. The van der Waals surface area contributed by atoms with E-state index < -0.39 is 23.5 Å². The van der Waals surface area contributed by atoms with Crippen LogP contribution in [0, 0.1) is 5.82 Å². The third-order valence-electron chi connectivity index (χ3n) is 6.16. The number of ketones is 1. The molecule has 0 aliphatic heterocycles.